The maximum atomic E-state index is 13.3. The summed E-state index contributed by atoms with van der Waals surface area (Å²) in [6.07, 6.45) is 5.72. The van der Waals surface area contributed by atoms with Crippen molar-refractivity contribution in [3.8, 4) is 0 Å². The fourth-order valence-corrected chi connectivity index (χ4v) is 4.14. The topological polar surface area (TPSA) is 51.1 Å². The van der Waals surface area contributed by atoms with Gasteiger partial charge in [0, 0.05) is 29.2 Å². The van der Waals surface area contributed by atoms with Crippen LogP contribution in [0.5, 0.6) is 0 Å². The van der Waals surface area contributed by atoms with Gasteiger partial charge >= 0.3 is 0 Å². The molecule has 1 amide bonds. The molecule has 0 atom stereocenters. The minimum absolute atomic E-state index is 0.120. The van der Waals surface area contributed by atoms with Crippen molar-refractivity contribution in [1.29, 1.82) is 0 Å². The SMILES string of the molecule is CCc1cccc(CC)c1NC(=O)c1c2n(c(C)c(C)c1=O)CCCCC2. The number of amides is 1. The molecular weight excluding hydrogens is 336 g/mol. The van der Waals surface area contributed by atoms with Gasteiger partial charge in [-0.3, -0.25) is 9.59 Å². The smallest absolute Gasteiger partial charge is 0.261 e. The van der Waals surface area contributed by atoms with Crippen LogP contribution in [0.4, 0.5) is 5.69 Å². The molecule has 1 aromatic heterocycles. The Bertz CT molecular complexity index is 903. The standard InChI is InChI=1S/C23H30N2O2/c1-5-17-11-10-12-18(6-2)21(17)24-23(27)20-19-13-8-7-9-14-25(19)16(4)15(3)22(20)26/h10-12H,5-9,13-14H2,1-4H3,(H,24,27). The highest BCUT2D eigenvalue weighted by Crippen LogP contribution is 2.25. The lowest BCUT2D eigenvalue weighted by Gasteiger charge is -2.21. The molecule has 0 spiro atoms. The summed E-state index contributed by atoms with van der Waals surface area (Å²) >= 11 is 0. The van der Waals surface area contributed by atoms with Crippen LogP contribution in [0.3, 0.4) is 0 Å². The zero-order valence-electron chi connectivity index (χ0n) is 16.9. The van der Waals surface area contributed by atoms with Crippen molar-refractivity contribution < 1.29 is 4.79 Å². The van der Waals surface area contributed by atoms with E-state index in [2.05, 4.69) is 23.7 Å². The van der Waals surface area contributed by atoms with Crippen LogP contribution in [0, 0.1) is 13.8 Å². The van der Waals surface area contributed by atoms with E-state index in [1.54, 1.807) is 0 Å². The Morgan fingerprint density at radius 3 is 2.37 bits per heavy atom. The summed E-state index contributed by atoms with van der Waals surface area (Å²) in [4.78, 5) is 26.3. The van der Waals surface area contributed by atoms with Gasteiger partial charge in [-0.2, -0.15) is 0 Å². The highest BCUT2D eigenvalue weighted by molar-refractivity contribution is 6.06. The Labute approximate surface area is 161 Å². The second-order valence-electron chi connectivity index (χ2n) is 7.44. The molecule has 0 saturated carbocycles. The number of carbonyl (C=O) groups is 1. The monoisotopic (exact) mass is 366 g/mol. The van der Waals surface area contributed by atoms with Gasteiger partial charge in [0.1, 0.15) is 5.56 Å². The summed E-state index contributed by atoms with van der Waals surface area (Å²) in [5.41, 5.74) is 5.90. The summed E-state index contributed by atoms with van der Waals surface area (Å²) in [6, 6.07) is 6.12. The second kappa shape index (κ2) is 8.12. The first-order valence-corrected chi connectivity index (χ1v) is 10.1. The number of rotatable bonds is 4. The van der Waals surface area contributed by atoms with Crippen molar-refractivity contribution in [3.05, 3.63) is 62.1 Å². The van der Waals surface area contributed by atoms with E-state index >= 15 is 0 Å². The lowest BCUT2D eigenvalue weighted by molar-refractivity contribution is 0.102. The van der Waals surface area contributed by atoms with Crippen LogP contribution in [-0.2, 0) is 25.8 Å². The first kappa shape index (κ1) is 19.4. The Kier molecular flexibility index (Phi) is 5.83. The van der Waals surface area contributed by atoms with E-state index in [1.165, 1.54) is 0 Å². The van der Waals surface area contributed by atoms with Crippen molar-refractivity contribution in [2.75, 3.05) is 5.32 Å². The van der Waals surface area contributed by atoms with E-state index in [4.69, 9.17) is 0 Å². The van der Waals surface area contributed by atoms with E-state index in [9.17, 15) is 9.59 Å². The Hall–Kier alpha value is -2.36. The van der Waals surface area contributed by atoms with Gasteiger partial charge in [-0.15, -0.1) is 0 Å². The lowest BCUT2D eigenvalue weighted by Crippen LogP contribution is -2.30. The summed E-state index contributed by atoms with van der Waals surface area (Å²) in [5.74, 6) is -0.260. The average Bonchev–Trinajstić information content (AvgIpc) is 2.92. The average molecular weight is 367 g/mol. The molecule has 0 radical (unpaired) electrons. The first-order valence-electron chi connectivity index (χ1n) is 10.1. The van der Waals surface area contributed by atoms with Gasteiger partial charge in [0.25, 0.3) is 5.91 Å². The number of benzene rings is 1. The number of aryl methyl sites for hydroxylation is 2. The predicted octanol–water partition coefficient (Wildman–Crippen LogP) is 4.57. The van der Waals surface area contributed by atoms with E-state index in [0.29, 0.717) is 11.1 Å². The Morgan fingerprint density at radius 1 is 1.07 bits per heavy atom. The van der Waals surface area contributed by atoms with Crippen molar-refractivity contribution in [2.24, 2.45) is 0 Å². The zero-order chi connectivity index (χ0) is 19.6. The maximum absolute atomic E-state index is 13.3. The van der Waals surface area contributed by atoms with Gasteiger partial charge in [-0.1, -0.05) is 38.5 Å². The first-order chi connectivity index (χ1) is 13.0. The molecule has 0 bridgehead atoms. The molecule has 3 rings (SSSR count). The minimum atomic E-state index is -0.260. The quantitative estimate of drug-likeness (QED) is 0.862. The molecule has 2 heterocycles. The summed E-state index contributed by atoms with van der Waals surface area (Å²) in [6.45, 7) is 8.88. The molecule has 2 aromatic rings. The van der Waals surface area contributed by atoms with Crippen LogP contribution in [0.2, 0.25) is 0 Å². The van der Waals surface area contributed by atoms with E-state index in [1.807, 2.05) is 32.0 Å². The zero-order valence-corrected chi connectivity index (χ0v) is 16.9. The molecule has 27 heavy (non-hydrogen) atoms. The van der Waals surface area contributed by atoms with Crippen LogP contribution >= 0.6 is 0 Å². The van der Waals surface area contributed by atoms with Crippen molar-refractivity contribution in [1.82, 2.24) is 4.57 Å². The number of anilines is 1. The molecule has 0 saturated heterocycles. The van der Waals surface area contributed by atoms with Gasteiger partial charge in [0.05, 0.1) is 0 Å². The van der Waals surface area contributed by atoms with Crippen LogP contribution in [-0.4, -0.2) is 10.5 Å². The largest absolute Gasteiger partial charge is 0.348 e. The molecule has 4 nitrogen and oxygen atoms in total. The molecule has 1 aromatic carbocycles. The van der Waals surface area contributed by atoms with E-state index < -0.39 is 0 Å². The summed E-state index contributed by atoms with van der Waals surface area (Å²) in [5, 5.41) is 3.10. The third-order valence-electron chi connectivity index (χ3n) is 5.89. The Balaban J connectivity index is 2.12. The molecule has 0 unspecified atom stereocenters. The number of para-hydroxylation sites is 1. The molecule has 4 heteroatoms. The number of nitrogens with one attached hydrogen (secondary N) is 1. The normalized spacial score (nSPS) is 13.8. The maximum Gasteiger partial charge on any atom is 0.261 e. The molecule has 0 aliphatic carbocycles. The highest BCUT2D eigenvalue weighted by Gasteiger charge is 2.24. The molecule has 1 aliphatic heterocycles. The Morgan fingerprint density at radius 2 is 1.74 bits per heavy atom. The molecule has 1 N–H and O–H groups in total. The third kappa shape index (κ3) is 3.58. The minimum Gasteiger partial charge on any atom is -0.348 e. The molecular formula is C23H30N2O2. The van der Waals surface area contributed by atoms with Gasteiger partial charge < -0.3 is 9.88 Å². The van der Waals surface area contributed by atoms with E-state index in [0.717, 1.165) is 73.3 Å². The number of carbonyl (C=O) groups excluding carboxylic acids is 1. The van der Waals surface area contributed by atoms with E-state index in [-0.39, 0.29) is 11.3 Å². The van der Waals surface area contributed by atoms with Crippen LogP contribution in [0.1, 0.15) is 71.5 Å². The van der Waals surface area contributed by atoms with Crippen LogP contribution in [0.15, 0.2) is 23.0 Å². The second-order valence-corrected chi connectivity index (χ2v) is 7.44. The number of pyridine rings is 1. The fraction of sp³-hybridized carbons (Fsp3) is 0.478. The summed E-state index contributed by atoms with van der Waals surface area (Å²) in [7, 11) is 0. The van der Waals surface area contributed by atoms with Crippen LogP contribution < -0.4 is 10.7 Å². The van der Waals surface area contributed by atoms with Crippen molar-refractivity contribution >= 4 is 11.6 Å². The molecule has 1 aliphatic rings. The number of hydrogen-bond acceptors (Lipinski definition) is 2. The van der Waals surface area contributed by atoms with Crippen molar-refractivity contribution in [3.63, 3.8) is 0 Å². The van der Waals surface area contributed by atoms with Gasteiger partial charge in [0.15, 0.2) is 5.43 Å². The summed E-state index contributed by atoms with van der Waals surface area (Å²) < 4.78 is 2.20. The highest BCUT2D eigenvalue weighted by atomic mass is 16.2. The van der Waals surface area contributed by atoms with Gasteiger partial charge in [-0.05, 0) is 57.1 Å². The number of hydrogen-bond donors (Lipinski definition) is 1. The third-order valence-corrected chi connectivity index (χ3v) is 5.89. The van der Waals surface area contributed by atoms with Crippen molar-refractivity contribution in [2.45, 2.75) is 72.8 Å². The molecule has 0 fully saturated rings. The molecule has 144 valence electrons. The number of nitrogens with zero attached hydrogens (tertiary/aromatic N) is 1. The fourth-order valence-electron chi connectivity index (χ4n) is 4.14. The number of fused-ring (bicyclic) bond motifs is 1. The number of aromatic nitrogens is 1. The van der Waals surface area contributed by atoms with Gasteiger partial charge in [-0.25, -0.2) is 0 Å². The van der Waals surface area contributed by atoms with Crippen LogP contribution in [0.25, 0.3) is 0 Å². The van der Waals surface area contributed by atoms with Gasteiger partial charge in [0.2, 0.25) is 0 Å². The predicted molar refractivity (Wildman–Crippen MR) is 111 cm³/mol. The lowest BCUT2D eigenvalue weighted by atomic mass is 10.0.